The van der Waals surface area contributed by atoms with Gasteiger partial charge in [0.2, 0.25) is 0 Å². The molecule has 0 radical (unpaired) electrons. The van der Waals surface area contributed by atoms with Crippen LogP contribution < -0.4 is 5.32 Å². The highest BCUT2D eigenvalue weighted by molar-refractivity contribution is 6.02. The lowest BCUT2D eigenvalue weighted by molar-refractivity contribution is 0.0900. The average Bonchev–Trinajstić information content (AvgIpc) is 2.97. The first-order chi connectivity index (χ1) is 8.25. The third-order valence-corrected chi connectivity index (χ3v) is 4.21. The molecule has 0 bridgehead atoms. The van der Waals surface area contributed by atoms with Crippen LogP contribution in [0.5, 0.6) is 0 Å². The van der Waals surface area contributed by atoms with Crippen LogP contribution >= 0.6 is 0 Å². The molecule has 0 saturated heterocycles. The van der Waals surface area contributed by atoms with E-state index in [4.69, 9.17) is 0 Å². The molecule has 0 aromatic heterocycles. The number of Topliss-reactive ketones (excluding diaryl/α,β-unsaturated/α-hetero) is 1. The van der Waals surface area contributed by atoms with Crippen LogP contribution in [0.25, 0.3) is 0 Å². The van der Waals surface area contributed by atoms with Gasteiger partial charge >= 0.3 is 0 Å². The van der Waals surface area contributed by atoms with Crippen LogP contribution in [-0.2, 0) is 12.8 Å². The summed E-state index contributed by atoms with van der Waals surface area (Å²) in [7, 11) is 1.93. The van der Waals surface area contributed by atoms with E-state index in [1.165, 1.54) is 24.0 Å². The molecule has 2 aliphatic rings. The van der Waals surface area contributed by atoms with Crippen molar-refractivity contribution < 1.29 is 4.79 Å². The van der Waals surface area contributed by atoms with Crippen molar-refractivity contribution in [1.82, 2.24) is 5.32 Å². The lowest BCUT2D eigenvalue weighted by Gasteiger charge is -2.14. The van der Waals surface area contributed by atoms with Gasteiger partial charge in [-0.1, -0.05) is 12.1 Å². The number of nitrogens with one attached hydrogen (secondary N) is 1. The van der Waals surface area contributed by atoms with Crippen LogP contribution in [0.15, 0.2) is 18.2 Å². The van der Waals surface area contributed by atoms with Crippen LogP contribution in [-0.4, -0.2) is 19.4 Å². The molecule has 2 heteroatoms. The molecule has 0 aliphatic heterocycles. The molecule has 1 N–H and O–H groups in total. The molecule has 0 unspecified atom stereocenters. The average molecular weight is 229 g/mol. The summed E-state index contributed by atoms with van der Waals surface area (Å²) in [5.74, 6) is 0.349. The molecule has 1 aromatic rings. The first-order valence-corrected chi connectivity index (χ1v) is 6.56. The molecular weight excluding hydrogens is 210 g/mol. The van der Waals surface area contributed by atoms with Gasteiger partial charge in [-0.15, -0.1) is 0 Å². The molecule has 0 amide bonds. The predicted octanol–water partition coefficient (Wildman–Crippen LogP) is 2.36. The molecule has 2 aliphatic carbocycles. The molecule has 1 fully saturated rings. The quantitative estimate of drug-likeness (QED) is 0.803. The minimum atomic E-state index is -0.0818. The van der Waals surface area contributed by atoms with E-state index in [-0.39, 0.29) is 5.41 Å². The third-order valence-electron chi connectivity index (χ3n) is 4.21. The van der Waals surface area contributed by atoms with Gasteiger partial charge in [0.1, 0.15) is 0 Å². The molecule has 17 heavy (non-hydrogen) atoms. The number of aryl methyl sites for hydroxylation is 2. The number of rotatable bonds is 4. The van der Waals surface area contributed by atoms with E-state index in [0.717, 1.165) is 31.4 Å². The molecule has 3 rings (SSSR count). The van der Waals surface area contributed by atoms with Crippen molar-refractivity contribution in [2.75, 3.05) is 13.6 Å². The number of benzene rings is 1. The Labute approximate surface area is 102 Å². The maximum absolute atomic E-state index is 12.5. The highest BCUT2D eigenvalue weighted by atomic mass is 16.1. The maximum Gasteiger partial charge on any atom is 0.170 e. The Kier molecular flexibility index (Phi) is 2.55. The topological polar surface area (TPSA) is 29.1 Å². The van der Waals surface area contributed by atoms with E-state index in [2.05, 4.69) is 17.4 Å². The Bertz CT molecular complexity index is 460. The van der Waals surface area contributed by atoms with Crippen LogP contribution in [0.2, 0.25) is 0 Å². The van der Waals surface area contributed by atoms with Gasteiger partial charge in [0.15, 0.2) is 5.78 Å². The van der Waals surface area contributed by atoms with Crippen molar-refractivity contribution in [2.24, 2.45) is 5.41 Å². The number of carbonyl (C=O) groups is 1. The van der Waals surface area contributed by atoms with Gasteiger partial charge in [-0.2, -0.15) is 0 Å². The second-order valence-corrected chi connectivity index (χ2v) is 5.48. The SMILES string of the molecule is CNCC1(C(=O)c2ccc3c(c2)CCC3)CC1. The van der Waals surface area contributed by atoms with Gasteiger partial charge in [0.25, 0.3) is 0 Å². The summed E-state index contributed by atoms with van der Waals surface area (Å²) < 4.78 is 0. The van der Waals surface area contributed by atoms with E-state index in [0.29, 0.717) is 5.78 Å². The van der Waals surface area contributed by atoms with E-state index < -0.39 is 0 Å². The maximum atomic E-state index is 12.5. The summed E-state index contributed by atoms with van der Waals surface area (Å²) in [4.78, 5) is 12.5. The zero-order valence-corrected chi connectivity index (χ0v) is 10.4. The molecular formula is C15H19NO. The Morgan fingerprint density at radius 2 is 2.06 bits per heavy atom. The van der Waals surface area contributed by atoms with Crippen LogP contribution in [0.4, 0.5) is 0 Å². The minimum absolute atomic E-state index is 0.0818. The molecule has 90 valence electrons. The second-order valence-electron chi connectivity index (χ2n) is 5.48. The predicted molar refractivity (Wildman–Crippen MR) is 68.4 cm³/mol. The van der Waals surface area contributed by atoms with Crippen molar-refractivity contribution in [1.29, 1.82) is 0 Å². The first-order valence-electron chi connectivity index (χ1n) is 6.56. The summed E-state index contributed by atoms with van der Waals surface area (Å²) in [6, 6.07) is 6.33. The van der Waals surface area contributed by atoms with E-state index in [9.17, 15) is 4.79 Å². The van der Waals surface area contributed by atoms with Crippen molar-refractivity contribution in [3.8, 4) is 0 Å². The molecule has 0 atom stereocenters. The van der Waals surface area contributed by atoms with Crippen molar-refractivity contribution >= 4 is 5.78 Å². The van der Waals surface area contributed by atoms with Crippen molar-refractivity contribution in [3.63, 3.8) is 0 Å². The normalized spacial score (nSPS) is 20.1. The summed E-state index contributed by atoms with van der Waals surface area (Å²) in [6.07, 6.45) is 5.67. The van der Waals surface area contributed by atoms with Gasteiger partial charge in [0.05, 0.1) is 0 Å². The third kappa shape index (κ3) is 1.81. The summed E-state index contributed by atoms with van der Waals surface area (Å²) in [5, 5.41) is 3.15. The Morgan fingerprint density at radius 3 is 2.76 bits per heavy atom. The summed E-state index contributed by atoms with van der Waals surface area (Å²) in [5.41, 5.74) is 3.69. The van der Waals surface area contributed by atoms with Crippen LogP contribution in [0.1, 0.15) is 40.7 Å². The number of fused-ring (bicyclic) bond motifs is 1. The van der Waals surface area contributed by atoms with Gasteiger partial charge in [-0.05, 0) is 56.3 Å². The monoisotopic (exact) mass is 229 g/mol. The van der Waals surface area contributed by atoms with E-state index in [1.807, 2.05) is 13.1 Å². The number of carbonyl (C=O) groups excluding carboxylic acids is 1. The van der Waals surface area contributed by atoms with Crippen molar-refractivity contribution in [2.45, 2.75) is 32.1 Å². The first kappa shape index (κ1) is 11.0. The highest BCUT2D eigenvalue weighted by Gasteiger charge is 2.49. The summed E-state index contributed by atoms with van der Waals surface area (Å²) in [6.45, 7) is 0.822. The van der Waals surface area contributed by atoms with Gasteiger partial charge in [0, 0.05) is 17.5 Å². The lowest BCUT2D eigenvalue weighted by Crippen LogP contribution is -2.28. The number of hydrogen-bond donors (Lipinski definition) is 1. The minimum Gasteiger partial charge on any atom is -0.319 e. The van der Waals surface area contributed by atoms with Crippen LogP contribution in [0.3, 0.4) is 0 Å². The fourth-order valence-corrected chi connectivity index (χ4v) is 2.99. The Morgan fingerprint density at radius 1 is 1.29 bits per heavy atom. The lowest BCUT2D eigenvalue weighted by atomic mass is 9.92. The van der Waals surface area contributed by atoms with Gasteiger partial charge in [-0.25, -0.2) is 0 Å². The molecule has 1 aromatic carbocycles. The molecule has 0 heterocycles. The Hall–Kier alpha value is -1.15. The molecule has 1 saturated carbocycles. The smallest absolute Gasteiger partial charge is 0.170 e. The second kappa shape index (κ2) is 3.95. The van der Waals surface area contributed by atoms with E-state index in [1.54, 1.807) is 0 Å². The van der Waals surface area contributed by atoms with Gasteiger partial charge < -0.3 is 5.32 Å². The zero-order chi connectivity index (χ0) is 11.9. The number of hydrogen-bond acceptors (Lipinski definition) is 2. The van der Waals surface area contributed by atoms with Crippen molar-refractivity contribution in [3.05, 3.63) is 34.9 Å². The van der Waals surface area contributed by atoms with Gasteiger partial charge in [-0.3, -0.25) is 4.79 Å². The van der Waals surface area contributed by atoms with Crippen LogP contribution in [0, 0.1) is 5.41 Å². The number of ketones is 1. The Balaban J connectivity index is 1.87. The standard InChI is InChI=1S/C15H19NO/c1-16-10-15(7-8-15)14(17)13-6-5-11-3-2-4-12(11)9-13/h5-6,9,16H,2-4,7-8,10H2,1H3. The highest BCUT2D eigenvalue weighted by Crippen LogP contribution is 2.47. The van der Waals surface area contributed by atoms with E-state index >= 15 is 0 Å². The fraction of sp³-hybridized carbons (Fsp3) is 0.533. The summed E-state index contributed by atoms with van der Waals surface area (Å²) >= 11 is 0. The molecule has 0 spiro atoms. The fourth-order valence-electron chi connectivity index (χ4n) is 2.99. The largest absolute Gasteiger partial charge is 0.319 e. The molecule has 2 nitrogen and oxygen atoms in total. The zero-order valence-electron chi connectivity index (χ0n) is 10.4.